The summed E-state index contributed by atoms with van der Waals surface area (Å²) in [5.41, 5.74) is 6.18. The van der Waals surface area contributed by atoms with Gasteiger partial charge in [-0.1, -0.05) is 12.1 Å². The summed E-state index contributed by atoms with van der Waals surface area (Å²) in [5, 5.41) is 8.93. The first-order chi connectivity index (χ1) is 9.38. The van der Waals surface area contributed by atoms with E-state index < -0.39 is 10.0 Å². The van der Waals surface area contributed by atoms with Crippen molar-refractivity contribution >= 4 is 15.7 Å². The Balaban J connectivity index is 2.61. The Bertz CT molecular complexity index is 517. The van der Waals surface area contributed by atoms with Gasteiger partial charge in [0, 0.05) is 12.6 Å². The highest BCUT2D eigenvalue weighted by Crippen LogP contribution is 2.19. The number of rotatable bonds is 8. The molecule has 7 heteroatoms. The minimum Gasteiger partial charge on any atom is -0.490 e. The summed E-state index contributed by atoms with van der Waals surface area (Å²) in [5.74, 6) is 0.320. The van der Waals surface area contributed by atoms with E-state index in [0.29, 0.717) is 11.4 Å². The fourth-order valence-electron chi connectivity index (χ4n) is 1.80. The smallest absolute Gasteiger partial charge is 0.217 e. The van der Waals surface area contributed by atoms with Crippen molar-refractivity contribution in [3.63, 3.8) is 0 Å². The molecule has 0 atom stereocenters. The summed E-state index contributed by atoms with van der Waals surface area (Å²) < 4.78 is 30.9. The van der Waals surface area contributed by atoms with Crippen molar-refractivity contribution in [3.05, 3.63) is 24.3 Å². The highest BCUT2D eigenvalue weighted by Gasteiger charge is 2.24. The number of anilines is 1. The zero-order valence-electron chi connectivity index (χ0n) is 11.8. The van der Waals surface area contributed by atoms with Gasteiger partial charge in [0.15, 0.2) is 0 Å². The van der Waals surface area contributed by atoms with Gasteiger partial charge in [-0.15, -0.1) is 0 Å². The molecule has 0 saturated heterocycles. The van der Waals surface area contributed by atoms with Crippen LogP contribution in [0.3, 0.4) is 0 Å². The summed E-state index contributed by atoms with van der Waals surface area (Å²) >= 11 is 0. The molecule has 1 rings (SSSR count). The molecule has 0 radical (unpaired) electrons. The lowest BCUT2D eigenvalue weighted by molar-refractivity contribution is 0.235. The first-order valence-corrected chi connectivity index (χ1v) is 8.07. The number of benzene rings is 1. The van der Waals surface area contributed by atoms with Gasteiger partial charge in [0.05, 0.1) is 18.0 Å². The van der Waals surface area contributed by atoms with Crippen LogP contribution in [0.4, 0.5) is 5.69 Å². The minimum absolute atomic E-state index is 0.0190. The molecular formula is C13H22N2O4S. The normalized spacial score (nSPS) is 12.1. The van der Waals surface area contributed by atoms with Gasteiger partial charge in [-0.3, -0.25) is 0 Å². The second-order valence-corrected chi connectivity index (χ2v) is 6.67. The quantitative estimate of drug-likeness (QED) is 0.689. The topological polar surface area (TPSA) is 92.9 Å². The Morgan fingerprint density at radius 1 is 1.35 bits per heavy atom. The zero-order valence-corrected chi connectivity index (χ0v) is 12.6. The lowest BCUT2D eigenvalue weighted by atomic mass is 10.3. The van der Waals surface area contributed by atoms with Crippen molar-refractivity contribution < 1.29 is 18.3 Å². The van der Waals surface area contributed by atoms with E-state index in [-0.39, 0.29) is 31.6 Å². The van der Waals surface area contributed by atoms with E-state index >= 15 is 0 Å². The summed E-state index contributed by atoms with van der Waals surface area (Å²) in [7, 11) is -3.46. The van der Waals surface area contributed by atoms with Gasteiger partial charge in [-0.2, -0.15) is 4.31 Å². The maximum atomic E-state index is 12.1. The van der Waals surface area contributed by atoms with Crippen molar-refractivity contribution in [2.75, 3.05) is 31.2 Å². The van der Waals surface area contributed by atoms with Crippen molar-refractivity contribution in [1.82, 2.24) is 4.31 Å². The number of nitrogens with two attached hydrogens (primary N) is 1. The summed E-state index contributed by atoms with van der Waals surface area (Å²) in [6.45, 7) is 3.44. The number of para-hydroxylation sites is 2. The average Bonchev–Trinajstić information content (AvgIpc) is 2.37. The Morgan fingerprint density at radius 2 is 2.00 bits per heavy atom. The highest BCUT2D eigenvalue weighted by atomic mass is 32.2. The molecule has 0 fully saturated rings. The number of ether oxygens (including phenoxy) is 1. The SMILES string of the molecule is CC(C)N(CCO)S(=O)(=O)CCOc1ccccc1N. The molecule has 20 heavy (non-hydrogen) atoms. The van der Waals surface area contributed by atoms with Crippen LogP contribution in [-0.4, -0.2) is 49.4 Å². The number of nitrogens with zero attached hydrogens (tertiary/aromatic N) is 1. The Hall–Kier alpha value is -1.31. The molecule has 0 aliphatic rings. The molecule has 0 aromatic heterocycles. The van der Waals surface area contributed by atoms with Gasteiger partial charge in [-0.05, 0) is 26.0 Å². The monoisotopic (exact) mass is 302 g/mol. The van der Waals surface area contributed by atoms with Crippen LogP contribution in [0.2, 0.25) is 0 Å². The molecule has 3 N–H and O–H groups in total. The van der Waals surface area contributed by atoms with Crippen LogP contribution >= 0.6 is 0 Å². The summed E-state index contributed by atoms with van der Waals surface area (Å²) in [4.78, 5) is 0. The van der Waals surface area contributed by atoms with Crippen LogP contribution in [0.5, 0.6) is 5.75 Å². The van der Waals surface area contributed by atoms with Crippen LogP contribution < -0.4 is 10.5 Å². The first-order valence-electron chi connectivity index (χ1n) is 6.46. The fraction of sp³-hybridized carbons (Fsp3) is 0.538. The van der Waals surface area contributed by atoms with Crippen molar-refractivity contribution in [1.29, 1.82) is 0 Å². The molecule has 114 valence electrons. The van der Waals surface area contributed by atoms with E-state index in [4.69, 9.17) is 15.6 Å². The van der Waals surface area contributed by atoms with Crippen molar-refractivity contribution in [3.8, 4) is 5.75 Å². The molecule has 0 bridgehead atoms. The molecule has 0 heterocycles. The molecule has 0 amide bonds. The third-order valence-electron chi connectivity index (χ3n) is 2.77. The third kappa shape index (κ3) is 4.66. The fourth-order valence-corrected chi connectivity index (χ4v) is 3.33. The van der Waals surface area contributed by atoms with Gasteiger partial charge in [0.25, 0.3) is 0 Å². The second kappa shape index (κ2) is 7.47. The van der Waals surface area contributed by atoms with Gasteiger partial charge in [-0.25, -0.2) is 8.42 Å². The number of hydrogen-bond acceptors (Lipinski definition) is 5. The first kappa shape index (κ1) is 16.7. The Kier molecular flexibility index (Phi) is 6.25. The molecule has 0 unspecified atom stereocenters. The van der Waals surface area contributed by atoms with E-state index in [1.165, 1.54) is 4.31 Å². The molecule has 6 nitrogen and oxygen atoms in total. The molecular weight excluding hydrogens is 280 g/mol. The standard InChI is InChI=1S/C13H22N2O4S/c1-11(2)15(7-8-16)20(17,18)10-9-19-13-6-4-3-5-12(13)14/h3-6,11,16H,7-10,14H2,1-2H3. The van der Waals surface area contributed by atoms with E-state index in [0.717, 1.165) is 0 Å². The largest absolute Gasteiger partial charge is 0.490 e. The number of hydrogen-bond donors (Lipinski definition) is 2. The maximum Gasteiger partial charge on any atom is 0.217 e. The van der Waals surface area contributed by atoms with Crippen LogP contribution in [0, 0.1) is 0 Å². The molecule has 1 aromatic carbocycles. The number of sulfonamides is 1. The molecule has 1 aromatic rings. The number of nitrogen functional groups attached to an aromatic ring is 1. The van der Waals surface area contributed by atoms with Gasteiger partial charge < -0.3 is 15.6 Å². The van der Waals surface area contributed by atoms with Gasteiger partial charge in [0.2, 0.25) is 10.0 Å². The second-order valence-electron chi connectivity index (χ2n) is 4.63. The zero-order chi connectivity index (χ0) is 15.2. The van der Waals surface area contributed by atoms with Crippen LogP contribution in [0.25, 0.3) is 0 Å². The summed E-state index contributed by atoms with van der Waals surface area (Å²) in [6.07, 6.45) is 0. The lowest BCUT2D eigenvalue weighted by Gasteiger charge is -2.25. The maximum absolute atomic E-state index is 12.1. The lowest BCUT2D eigenvalue weighted by Crippen LogP contribution is -2.41. The van der Waals surface area contributed by atoms with E-state index in [2.05, 4.69) is 0 Å². The molecule has 0 aliphatic carbocycles. The average molecular weight is 302 g/mol. The predicted octanol–water partition coefficient (Wildman–Crippen LogP) is 0.680. The van der Waals surface area contributed by atoms with E-state index in [1.54, 1.807) is 38.1 Å². The highest BCUT2D eigenvalue weighted by molar-refractivity contribution is 7.89. The predicted molar refractivity (Wildman–Crippen MR) is 79.1 cm³/mol. The minimum atomic E-state index is -3.46. The van der Waals surface area contributed by atoms with E-state index in [9.17, 15) is 8.42 Å². The van der Waals surface area contributed by atoms with Crippen LogP contribution in [-0.2, 0) is 10.0 Å². The van der Waals surface area contributed by atoms with Gasteiger partial charge in [0.1, 0.15) is 12.4 Å². The van der Waals surface area contributed by atoms with Crippen LogP contribution in [0.15, 0.2) is 24.3 Å². The third-order valence-corrected chi connectivity index (χ3v) is 4.77. The Labute approximate surface area is 120 Å². The Morgan fingerprint density at radius 3 is 2.55 bits per heavy atom. The summed E-state index contributed by atoms with van der Waals surface area (Å²) in [6, 6.07) is 6.73. The van der Waals surface area contributed by atoms with Crippen molar-refractivity contribution in [2.45, 2.75) is 19.9 Å². The number of aliphatic hydroxyl groups is 1. The molecule has 0 aliphatic heterocycles. The molecule has 0 spiro atoms. The van der Waals surface area contributed by atoms with Gasteiger partial charge >= 0.3 is 0 Å². The van der Waals surface area contributed by atoms with Crippen LogP contribution in [0.1, 0.15) is 13.8 Å². The van der Waals surface area contributed by atoms with E-state index in [1.807, 2.05) is 0 Å². The van der Waals surface area contributed by atoms with Crippen molar-refractivity contribution in [2.24, 2.45) is 0 Å². The molecule has 0 saturated carbocycles. The number of aliphatic hydroxyl groups excluding tert-OH is 1.